The molecule has 14 fully saturated rings. The monoisotopic (exact) mass is 715 g/mol. The van der Waals surface area contributed by atoms with E-state index in [2.05, 4.69) is 111 Å². The molecule has 14 aliphatic carbocycles. The molecule has 0 aromatic carbocycles. The van der Waals surface area contributed by atoms with Gasteiger partial charge in [-0.3, -0.25) is 0 Å². The van der Waals surface area contributed by atoms with Gasteiger partial charge in [0.15, 0.2) is 0 Å². The predicted molar refractivity (Wildman–Crippen MR) is 224 cm³/mol. The van der Waals surface area contributed by atoms with Gasteiger partial charge in [-0.2, -0.15) is 0 Å². The Labute approximate surface area is 325 Å². The van der Waals surface area contributed by atoms with Crippen molar-refractivity contribution in [3.63, 3.8) is 0 Å². The topological polar surface area (TPSA) is 0 Å². The molecular weight excluding hydrogens is 625 g/mol. The average molecular weight is 715 g/mol. The number of rotatable bonds is 8. The van der Waals surface area contributed by atoms with Crippen LogP contribution in [0, 0.1) is 126 Å². The lowest BCUT2D eigenvalue weighted by Gasteiger charge is -3.13. The van der Waals surface area contributed by atoms with Gasteiger partial charge in [0.2, 0.25) is 0 Å². The largest absolute Gasteiger partial charge is 0.0622 e. The second-order valence-corrected chi connectivity index (χ2v) is 25.8. The minimum absolute atomic E-state index is 0.747. The van der Waals surface area contributed by atoms with Gasteiger partial charge in [-0.25, -0.2) is 0 Å². The van der Waals surface area contributed by atoms with E-state index in [4.69, 9.17) is 0 Å². The van der Waals surface area contributed by atoms with E-state index in [0.29, 0.717) is 0 Å². The summed E-state index contributed by atoms with van der Waals surface area (Å²) in [5.74, 6) is 14.9. The molecule has 0 atom stereocenters. The quantitative estimate of drug-likeness (QED) is 0.235. The van der Waals surface area contributed by atoms with Gasteiger partial charge in [0.25, 0.3) is 0 Å². The van der Waals surface area contributed by atoms with Crippen molar-refractivity contribution in [1.82, 2.24) is 0 Å². The molecule has 0 saturated heterocycles. The van der Waals surface area contributed by atoms with Crippen LogP contribution < -0.4 is 0 Å². The number of hydrogen-bond acceptors (Lipinski definition) is 0. The van der Waals surface area contributed by atoms with Gasteiger partial charge in [-0.15, -0.1) is 0 Å². The highest BCUT2D eigenvalue weighted by molar-refractivity contribution is 5.55. The van der Waals surface area contributed by atoms with E-state index >= 15 is 0 Å². The molecule has 0 heterocycles. The standard InChI is InChI=1S/C14H20.C14H26.C13H24.C11H20/c1-5(2)13-7-10-8(13)12-9(13)11(7)14(10,12)6(3)4;1-11(2)13-5-8-14(9-6-13,10-7-13)12(3)4;1-10(2)12-5-7-13(9-12,8-6-12)11(3)4;1-8(2)10-5-11(6-10,7-10)9(3)4/h5-12H,1-4H3;11-12H,5-10H2,1-4H3;10-11H,5-9H2,1-4H3;8-9H,5-7H2,1-4H3. The first kappa shape index (κ1) is 38.9. The molecule has 298 valence electrons. The van der Waals surface area contributed by atoms with Crippen molar-refractivity contribution in [2.75, 3.05) is 0 Å². The zero-order valence-electron chi connectivity index (χ0n) is 38.0. The van der Waals surface area contributed by atoms with Gasteiger partial charge >= 0.3 is 0 Å². The molecule has 0 aromatic heterocycles. The fourth-order valence-corrected chi connectivity index (χ4v) is 19.0. The highest BCUT2D eigenvalue weighted by Gasteiger charge is 3.09. The van der Waals surface area contributed by atoms with Crippen molar-refractivity contribution in [3.8, 4) is 0 Å². The molecule has 14 aliphatic rings. The van der Waals surface area contributed by atoms with Crippen LogP contribution in [0.3, 0.4) is 0 Å². The predicted octanol–water partition coefficient (Wildman–Crippen LogP) is 15.4. The lowest BCUT2D eigenvalue weighted by Crippen LogP contribution is -3.11. The maximum atomic E-state index is 2.49. The summed E-state index contributed by atoms with van der Waals surface area (Å²) >= 11 is 0. The Balaban J connectivity index is 0.0000000996. The summed E-state index contributed by atoms with van der Waals surface area (Å²) in [5, 5.41) is 0. The Bertz CT molecular complexity index is 1140. The summed E-state index contributed by atoms with van der Waals surface area (Å²) < 4.78 is 0. The van der Waals surface area contributed by atoms with Crippen LogP contribution in [0.4, 0.5) is 0 Å². The van der Waals surface area contributed by atoms with Gasteiger partial charge in [-0.1, -0.05) is 111 Å². The molecule has 52 heavy (non-hydrogen) atoms. The Morgan fingerprint density at radius 2 is 0.404 bits per heavy atom. The number of hydrogen-bond donors (Lipinski definition) is 0. The second-order valence-electron chi connectivity index (χ2n) is 25.8. The summed E-state index contributed by atoms with van der Waals surface area (Å²) in [7, 11) is 0. The van der Waals surface area contributed by atoms with E-state index in [0.717, 1.165) is 90.7 Å². The summed E-state index contributed by atoms with van der Waals surface area (Å²) in [6.07, 6.45) is 21.3. The Morgan fingerprint density at radius 1 is 0.231 bits per heavy atom. The molecule has 0 N–H and O–H groups in total. The molecule has 0 amide bonds. The van der Waals surface area contributed by atoms with Crippen LogP contribution >= 0.6 is 0 Å². The van der Waals surface area contributed by atoms with E-state index in [1.54, 1.807) is 0 Å². The molecule has 14 saturated carbocycles. The van der Waals surface area contributed by atoms with Gasteiger partial charge in [-0.05, 0) is 216 Å². The number of fused-ring (bicyclic) bond motifs is 5. The van der Waals surface area contributed by atoms with Crippen molar-refractivity contribution in [2.45, 2.75) is 201 Å². The van der Waals surface area contributed by atoms with E-state index in [1.807, 2.05) is 0 Å². The summed E-state index contributed by atoms with van der Waals surface area (Å²) in [5.41, 5.74) is 6.48. The first-order valence-corrected chi connectivity index (χ1v) is 24.1. The van der Waals surface area contributed by atoms with Crippen LogP contribution in [0.2, 0.25) is 0 Å². The zero-order valence-corrected chi connectivity index (χ0v) is 38.0. The first-order valence-electron chi connectivity index (χ1n) is 24.1. The highest BCUT2D eigenvalue weighted by Crippen LogP contribution is 3.12. The van der Waals surface area contributed by atoms with Crippen molar-refractivity contribution in [1.29, 1.82) is 0 Å². The van der Waals surface area contributed by atoms with Gasteiger partial charge in [0.05, 0.1) is 0 Å². The third kappa shape index (κ3) is 4.30. The summed E-state index contributed by atoms with van der Waals surface area (Å²) in [6.45, 7) is 39.0. The lowest BCUT2D eigenvalue weighted by molar-refractivity contribution is -0.674. The third-order valence-corrected chi connectivity index (χ3v) is 23.6. The summed E-state index contributed by atoms with van der Waals surface area (Å²) in [4.78, 5) is 0. The molecule has 0 heteroatoms. The smallest absolute Gasteiger partial charge is 0.0172 e. The normalized spacial score (nSPS) is 53.5. The third-order valence-electron chi connectivity index (χ3n) is 23.6. The Hall–Kier alpha value is 0. The fourth-order valence-electron chi connectivity index (χ4n) is 19.0. The van der Waals surface area contributed by atoms with Crippen molar-refractivity contribution in [2.24, 2.45) is 126 Å². The van der Waals surface area contributed by atoms with Crippen LogP contribution in [0.25, 0.3) is 0 Å². The second kappa shape index (κ2) is 11.8. The molecule has 0 aliphatic heterocycles. The zero-order chi connectivity index (χ0) is 38.0. The van der Waals surface area contributed by atoms with Crippen LogP contribution in [0.15, 0.2) is 0 Å². The van der Waals surface area contributed by atoms with Gasteiger partial charge < -0.3 is 0 Å². The molecule has 6 bridgehead atoms. The molecule has 0 unspecified atom stereocenters. The van der Waals surface area contributed by atoms with Crippen LogP contribution in [-0.2, 0) is 0 Å². The summed E-state index contributed by atoms with van der Waals surface area (Å²) in [6, 6.07) is 0. The SMILES string of the molecule is CC(C)C12C3C4C1C1C2C3C41C(C)C.CC(C)C12CC(C(C)C)(C1)C2.CC(C)C12CCC(C(C)C)(CC1)C2.CC(C)C12CCC(C(C)C)(CC1)CC2. The Morgan fingerprint density at radius 3 is 0.558 bits per heavy atom. The molecule has 0 spiro atoms. The Kier molecular flexibility index (Phi) is 8.81. The molecule has 0 aromatic rings. The van der Waals surface area contributed by atoms with Crippen molar-refractivity contribution in [3.05, 3.63) is 0 Å². The van der Waals surface area contributed by atoms with E-state index < -0.39 is 0 Å². The van der Waals surface area contributed by atoms with Crippen molar-refractivity contribution >= 4 is 0 Å². The lowest BCUT2D eigenvalue weighted by atomic mass is 8.90. The van der Waals surface area contributed by atoms with Crippen LogP contribution in [-0.4, -0.2) is 0 Å². The van der Waals surface area contributed by atoms with Crippen LogP contribution in [0.5, 0.6) is 0 Å². The van der Waals surface area contributed by atoms with Crippen LogP contribution in [0.1, 0.15) is 201 Å². The van der Waals surface area contributed by atoms with Crippen molar-refractivity contribution < 1.29 is 0 Å². The maximum absolute atomic E-state index is 2.49. The fraction of sp³-hybridized carbons (Fsp3) is 1.00. The highest BCUT2D eigenvalue weighted by atomic mass is 15.1. The molecule has 0 radical (unpaired) electrons. The van der Waals surface area contributed by atoms with E-state index in [1.165, 1.54) is 125 Å². The molecular formula is C52H90. The minimum atomic E-state index is 0.747. The van der Waals surface area contributed by atoms with E-state index in [9.17, 15) is 0 Å². The maximum Gasteiger partial charge on any atom is -0.0172 e. The minimum Gasteiger partial charge on any atom is -0.0622 e. The van der Waals surface area contributed by atoms with Gasteiger partial charge in [0.1, 0.15) is 0 Å². The van der Waals surface area contributed by atoms with Gasteiger partial charge in [0, 0.05) is 0 Å². The first-order chi connectivity index (χ1) is 24.1. The van der Waals surface area contributed by atoms with E-state index in [-0.39, 0.29) is 0 Å². The molecule has 14 rings (SSSR count). The average Bonchev–Trinajstić information content (AvgIpc) is 3.65. The molecule has 0 nitrogen and oxygen atoms in total.